The van der Waals surface area contributed by atoms with Crippen LogP contribution in [-0.4, -0.2) is 12.6 Å². The van der Waals surface area contributed by atoms with Crippen LogP contribution in [0.5, 0.6) is 0 Å². The lowest BCUT2D eigenvalue weighted by molar-refractivity contribution is -0.148. The molecule has 0 aliphatic carbocycles. The monoisotopic (exact) mass is 200 g/mol. The Bertz CT molecular complexity index is 162. The van der Waals surface area contributed by atoms with Gasteiger partial charge in [0.1, 0.15) is 0 Å². The van der Waals surface area contributed by atoms with Gasteiger partial charge in [-0.25, -0.2) is 0 Å². The van der Waals surface area contributed by atoms with Crippen LogP contribution < -0.4 is 0 Å². The first kappa shape index (κ1) is 13.5. The van der Waals surface area contributed by atoms with E-state index >= 15 is 0 Å². The van der Waals surface area contributed by atoms with Crippen molar-refractivity contribution in [3.63, 3.8) is 0 Å². The van der Waals surface area contributed by atoms with Gasteiger partial charge in [-0.15, -0.1) is 0 Å². The molecule has 0 amide bonds. The van der Waals surface area contributed by atoms with Gasteiger partial charge in [-0.1, -0.05) is 41.0 Å². The fourth-order valence-corrected chi connectivity index (χ4v) is 1.39. The van der Waals surface area contributed by atoms with E-state index in [0.29, 0.717) is 18.4 Å². The van der Waals surface area contributed by atoms with Crippen LogP contribution in [0.3, 0.4) is 0 Å². The fourth-order valence-electron chi connectivity index (χ4n) is 1.39. The summed E-state index contributed by atoms with van der Waals surface area (Å²) >= 11 is 0. The van der Waals surface area contributed by atoms with Crippen LogP contribution in [0.2, 0.25) is 0 Å². The fraction of sp³-hybridized carbons (Fsp3) is 0.917. The predicted octanol–water partition coefficient (Wildman–Crippen LogP) is 3.26. The minimum atomic E-state index is -0.0767. The van der Waals surface area contributed by atoms with Crippen LogP contribution in [0, 0.1) is 17.8 Å². The molecule has 0 heterocycles. The van der Waals surface area contributed by atoms with Gasteiger partial charge in [0.05, 0.1) is 12.5 Å². The van der Waals surface area contributed by atoms with E-state index in [9.17, 15) is 4.79 Å². The molecule has 0 N–H and O–H groups in total. The van der Waals surface area contributed by atoms with Gasteiger partial charge in [-0.3, -0.25) is 4.79 Å². The number of hydrogen-bond acceptors (Lipinski definition) is 2. The third-order valence-electron chi connectivity index (χ3n) is 2.31. The second-order valence-corrected chi connectivity index (χ2v) is 4.69. The topological polar surface area (TPSA) is 26.3 Å². The molecule has 0 aromatic rings. The van der Waals surface area contributed by atoms with Crippen molar-refractivity contribution in [2.45, 2.75) is 47.5 Å². The van der Waals surface area contributed by atoms with E-state index in [1.54, 1.807) is 0 Å². The van der Waals surface area contributed by atoms with Crippen molar-refractivity contribution < 1.29 is 9.53 Å². The molecule has 0 rings (SSSR count). The molecule has 0 aromatic heterocycles. The zero-order chi connectivity index (χ0) is 11.1. The number of esters is 1. The normalized spacial score (nSPS) is 13.4. The molecule has 0 radical (unpaired) electrons. The third kappa shape index (κ3) is 6.01. The summed E-state index contributed by atoms with van der Waals surface area (Å²) in [6.45, 7) is 10.9. The molecule has 0 aliphatic rings. The largest absolute Gasteiger partial charge is 0.465 e. The van der Waals surface area contributed by atoms with Gasteiger partial charge in [0.25, 0.3) is 0 Å². The molecule has 0 saturated heterocycles. The highest BCUT2D eigenvalue weighted by molar-refractivity contribution is 5.71. The standard InChI is InChI=1S/C12H24O2/c1-6-11(7-9(2)3)8-14-12(13)10(4)5/h9-11H,6-8H2,1-5H3. The van der Waals surface area contributed by atoms with Gasteiger partial charge < -0.3 is 4.74 Å². The van der Waals surface area contributed by atoms with Crippen molar-refractivity contribution in [3.05, 3.63) is 0 Å². The summed E-state index contributed by atoms with van der Waals surface area (Å²) < 4.78 is 5.22. The zero-order valence-electron chi connectivity index (χ0n) is 10.2. The number of ether oxygens (including phenoxy) is 1. The van der Waals surface area contributed by atoms with Gasteiger partial charge in [0.15, 0.2) is 0 Å². The lowest BCUT2D eigenvalue weighted by Gasteiger charge is -2.17. The molecular formula is C12H24O2. The van der Waals surface area contributed by atoms with Gasteiger partial charge >= 0.3 is 5.97 Å². The number of carbonyl (C=O) groups excluding carboxylic acids is 1. The SMILES string of the molecule is CCC(COC(=O)C(C)C)CC(C)C. The average Bonchev–Trinajstić information content (AvgIpc) is 2.10. The molecule has 1 atom stereocenters. The molecular weight excluding hydrogens is 176 g/mol. The lowest BCUT2D eigenvalue weighted by atomic mass is 9.96. The van der Waals surface area contributed by atoms with E-state index in [-0.39, 0.29) is 11.9 Å². The molecule has 0 bridgehead atoms. The van der Waals surface area contributed by atoms with Crippen molar-refractivity contribution in [3.8, 4) is 0 Å². The van der Waals surface area contributed by atoms with Gasteiger partial charge in [-0.05, 0) is 18.3 Å². The third-order valence-corrected chi connectivity index (χ3v) is 2.31. The van der Waals surface area contributed by atoms with Crippen molar-refractivity contribution in [1.29, 1.82) is 0 Å². The number of hydrogen-bond donors (Lipinski definition) is 0. The lowest BCUT2D eigenvalue weighted by Crippen LogP contribution is -2.18. The first-order chi connectivity index (χ1) is 6.47. The van der Waals surface area contributed by atoms with Crippen molar-refractivity contribution in [1.82, 2.24) is 0 Å². The van der Waals surface area contributed by atoms with Crippen LogP contribution >= 0.6 is 0 Å². The average molecular weight is 200 g/mol. The first-order valence-electron chi connectivity index (χ1n) is 5.64. The minimum Gasteiger partial charge on any atom is -0.465 e. The van der Waals surface area contributed by atoms with Crippen LogP contribution in [0.25, 0.3) is 0 Å². The highest BCUT2D eigenvalue weighted by Crippen LogP contribution is 2.15. The number of rotatable bonds is 6. The van der Waals surface area contributed by atoms with E-state index in [1.807, 2.05) is 13.8 Å². The summed E-state index contributed by atoms with van der Waals surface area (Å²) in [6, 6.07) is 0. The molecule has 0 aliphatic heterocycles. The molecule has 0 saturated carbocycles. The van der Waals surface area contributed by atoms with Crippen LogP contribution in [-0.2, 0) is 9.53 Å². The molecule has 1 unspecified atom stereocenters. The smallest absolute Gasteiger partial charge is 0.308 e. The van der Waals surface area contributed by atoms with Gasteiger partial charge in [0.2, 0.25) is 0 Å². The van der Waals surface area contributed by atoms with E-state index < -0.39 is 0 Å². The second-order valence-electron chi connectivity index (χ2n) is 4.69. The van der Waals surface area contributed by atoms with Crippen LogP contribution in [0.15, 0.2) is 0 Å². The van der Waals surface area contributed by atoms with E-state index in [1.165, 1.54) is 0 Å². The Morgan fingerprint density at radius 1 is 1.21 bits per heavy atom. The Balaban J connectivity index is 3.78. The summed E-state index contributed by atoms with van der Waals surface area (Å²) in [7, 11) is 0. The second kappa shape index (κ2) is 6.86. The zero-order valence-corrected chi connectivity index (χ0v) is 10.2. The molecule has 84 valence electrons. The van der Waals surface area contributed by atoms with Crippen molar-refractivity contribution in [2.24, 2.45) is 17.8 Å². The maximum absolute atomic E-state index is 11.2. The quantitative estimate of drug-likeness (QED) is 0.615. The summed E-state index contributed by atoms with van der Waals surface area (Å²) in [4.78, 5) is 11.2. The summed E-state index contributed by atoms with van der Waals surface area (Å²) in [5.74, 6) is 1.12. The maximum atomic E-state index is 11.2. The van der Waals surface area contributed by atoms with E-state index in [4.69, 9.17) is 4.74 Å². The molecule has 2 heteroatoms. The van der Waals surface area contributed by atoms with Crippen molar-refractivity contribution in [2.75, 3.05) is 6.61 Å². The highest BCUT2D eigenvalue weighted by atomic mass is 16.5. The summed E-state index contributed by atoms with van der Waals surface area (Å²) in [6.07, 6.45) is 2.23. The predicted molar refractivity (Wildman–Crippen MR) is 59.0 cm³/mol. The molecule has 0 fully saturated rings. The highest BCUT2D eigenvalue weighted by Gasteiger charge is 2.13. The Morgan fingerprint density at radius 3 is 2.14 bits per heavy atom. The Hall–Kier alpha value is -0.530. The van der Waals surface area contributed by atoms with Crippen molar-refractivity contribution >= 4 is 5.97 Å². The number of carbonyl (C=O) groups is 1. The summed E-state index contributed by atoms with van der Waals surface area (Å²) in [5, 5.41) is 0. The van der Waals surface area contributed by atoms with E-state index in [2.05, 4.69) is 20.8 Å². The van der Waals surface area contributed by atoms with E-state index in [0.717, 1.165) is 12.8 Å². The molecule has 0 spiro atoms. The van der Waals surface area contributed by atoms with Crippen LogP contribution in [0.1, 0.15) is 47.5 Å². The summed E-state index contributed by atoms with van der Waals surface area (Å²) in [5.41, 5.74) is 0. The Morgan fingerprint density at radius 2 is 1.79 bits per heavy atom. The molecule has 14 heavy (non-hydrogen) atoms. The first-order valence-corrected chi connectivity index (χ1v) is 5.64. The van der Waals surface area contributed by atoms with Crippen LogP contribution in [0.4, 0.5) is 0 Å². The van der Waals surface area contributed by atoms with Gasteiger partial charge in [-0.2, -0.15) is 0 Å². The van der Waals surface area contributed by atoms with Gasteiger partial charge in [0, 0.05) is 0 Å². The molecule has 0 aromatic carbocycles. The minimum absolute atomic E-state index is 0.00782. The Kier molecular flexibility index (Phi) is 6.60. The Labute approximate surface area is 88.0 Å². The molecule has 2 nitrogen and oxygen atoms in total. The maximum Gasteiger partial charge on any atom is 0.308 e.